The zero-order valence-corrected chi connectivity index (χ0v) is 11.7. The predicted octanol–water partition coefficient (Wildman–Crippen LogP) is 1.96. The summed E-state index contributed by atoms with van der Waals surface area (Å²) in [6.45, 7) is 3.91. The topological polar surface area (TPSA) is 68.5 Å². The molecule has 1 unspecified atom stereocenters. The molecule has 0 saturated carbocycles. The first kappa shape index (κ1) is 14.1. The third-order valence-electron chi connectivity index (χ3n) is 3.25. The zero-order valence-electron chi connectivity index (χ0n) is 10.9. The van der Waals surface area contributed by atoms with E-state index in [0.29, 0.717) is 24.3 Å². The smallest absolute Gasteiger partial charge is 0.256 e. The van der Waals surface area contributed by atoms with Gasteiger partial charge in [0.1, 0.15) is 5.15 Å². The standard InChI is InChI=1S/C13H18ClN3O2/c1-2-17(8-9-4-3-5-19-9)13(18)10-6-12(14)16-7-11(10)15/h6-7,9H,2-5,8,15H2,1H3. The van der Waals surface area contributed by atoms with Crippen LogP contribution in [0.3, 0.4) is 0 Å². The van der Waals surface area contributed by atoms with Crippen molar-refractivity contribution in [2.24, 2.45) is 0 Å². The van der Waals surface area contributed by atoms with E-state index in [4.69, 9.17) is 22.1 Å². The first-order chi connectivity index (χ1) is 9.11. The highest BCUT2D eigenvalue weighted by Crippen LogP contribution is 2.19. The number of nitrogens with two attached hydrogens (primary N) is 1. The number of ether oxygens (including phenoxy) is 1. The van der Waals surface area contributed by atoms with Gasteiger partial charge in [0.25, 0.3) is 5.91 Å². The molecule has 0 radical (unpaired) electrons. The largest absolute Gasteiger partial charge is 0.397 e. The maximum absolute atomic E-state index is 12.4. The number of amides is 1. The van der Waals surface area contributed by atoms with Gasteiger partial charge in [0.15, 0.2) is 0 Å². The summed E-state index contributed by atoms with van der Waals surface area (Å²) in [6.07, 6.45) is 3.59. The lowest BCUT2D eigenvalue weighted by atomic mass is 10.1. The molecule has 2 rings (SSSR count). The quantitative estimate of drug-likeness (QED) is 0.858. The fourth-order valence-electron chi connectivity index (χ4n) is 2.19. The Bertz CT molecular complexity index is 461. The average molecular weight is 284 g/mol. The lowest BCUT2D eigenvalue weighted by Crippen LogP contribution is -2.37. The van der Waals surface area contributed by atoms with Gasteiger partial charge in [-0.2, -0.15) is 0 Å². The Morgan fingerprint density at radius 2 is 2.47 bits per heavy atom. The number of pyridine rings is 1. The van der Waals surface area contributed by atoms with Gasteiger partial charge in [0.05, 0.1) is 23.6 Å². The number of hydrogen-bond donors (Lipinski definition) is 1. The third-order valence-corrected chi connectivity index (χ3v) is 3.46. The Balaban J connectivity index is 2.12. The Morgan fingerprint density at radius 3 is 3.11 bits per heavy atom. The van der Waals surface area contributed by atoms with Gasteiger partial charge in [-0.3, -0.25) is 4.79 Å². The SMILES string of the molecule is CCN(CC1CCCO1)C(=O)c1cc(Cl)ncc1N. The van der Waals surface area contributed by atoms with Gasteiger partial charge < -0.3 is 15.4 Å². The molecule has 2 N–H and O–H groups in total. The van der Waals surface area contributed by atoms with Crippen LogP contribution in [0.25, 0.3) is 0 Å². The van der Waals surface area contributed by atoms with Crippen LogP contribution in [0.4, 0.5) is 5.69 Å². The molecule has 19 heavy (non-hydrogen) atoms. The molecule has 6 heteroatoms. The Hall–Kier alpha value is -1.33. The van der Waals surface area contributed by atoms with Gasteiger partial charge >= 0.3 is 0 Å². The van der Waals surface area contributed by atoms with Crippen molar-refractivity contribution in [3.05, 3.63) is 23.0 Å². The van der Waals surface area contributed by atoms with Crippen molar-refractivity contribution in [2.75, 3.05) is 25.4 Å². The molecule has 0 bridgehead atoms. The molecule has 0 spiro atoms. The highest BCUT2D eigenvalue weighted by atomic mass is 35.5. The molecule has 1 amide bonds. The molecule has 1 aromatic rings. The van der Waals surface area contributed by atoms with Crippen LogP contribution in [0, 0.1) is 0 Å². The molecule has 1 atom stereocenters. The summed E-state index contributed by atoms with van der Waals surface area (Å²) < 4.78 is 5.56. The summed E-state index contributed by atoms with van der Waals surface area (Å²) in [5.41, 5.74) is 6.54. The number of hydrogen-bond acceptors (Lipinski definition) is 4. The van der Waals surface area contributed by atoms with Crippen molar-refractivity contribution in [1.29, 1.82) is 0 Å². The second-order valence-electron chi connectivity index (χ2n) is 4.57. The van der Waals surface area contributed by atoms with Gasteiger partial charge in [-0.15, -0.1) is 0 Å². The molecule has 0 aliphatic carbocycles. The first-order valence-electron chi connectivity index (χ1n) is 6.43. The Kier molecular flexibility index (Phi) is 4.61. The van der Waals surface area contributed by atoms with Crippen LogP contribution in [-0.2, 0) is 4.74 Å². The van der Waals surface area contributed by atoms with Crippen molar-refractivity contribution >= 4 is 23.2 Å². The van der Waals surface area contributed by atoms with Crippen LogP contribution >= 0.6 is 11.6 Å². The van der Waals surface area contributed by atoms with Crippen LogP contribution < -0.4 is 5.73 Å². The fourth-order valence-corrected chi connectivity index (χ4v) is 2.34. The second-order valence-corrected chi connectivity index (χ2v) is 4.96. The van der Waals surface area contributed by atoms with E-state index in [2.05, 4.69) is 4.98 Å². The summed E-state index contributed by atoms with van der Waals surface area (Å²) >= 11 is 5.82. The first-order valence-corrected chi connectivity index (χ1v) is 6.81. The van der Waals surface area contributed by atoms with E-state index < -0.39 is 0 Å². The molecule has 1 saturated heterocycles. The number of carbonyl (C=O) groups is 1. The number of halogens is 1. The van der Waals surface area contributed by atoms with Gasteiger partial charge in [0, 0.05) is 19.7 Å². The van der Waals surface area contributed by atoms with Gasteiger partial charge in [-0.1, -0.05) is 11.6 Å². The van der Waals surface area contributed by atoms with Crippen molar-refractivity contribution in [2.45, 2.75) is 25.9 Å². The van der Waals surface area contributed by atoms with E-state index in [1.807, 2.05) is 6.92 Å². The summed E-state index contributed by atoms with van der Waals surface area (Å²) in [5.74, 6) is -0.125. The highest BCUT2D eigenvalue weighted by Gasteiger charge is 2.23. The number of nitrogen functional groups attached to an aromatic ring is 1. The Morgan fingerprint density at radius 1 is 1.68 bits per heavy atom. The fraction of sp³-hybridized carbons (Fsp3) is 0.538. The molecule has 2 heterocycles. The molecule has 1 aliphatic heterocycles. The van der Waals surface area contributed by atoms with E-state index >= 15 is 0 Å². The van der Waals surface area contributed by atoms with Crippen LogP contribution in [0.5, 0.6) is 0 Å². The summed E-state index contributed by atoms with van der Waals surface area (Å²) in [4.78, 5) is 18.0. The lowest BCUT2D eigenvalue weighted by Gasteiger charge is -2.24. The molecule has 0 aromatic carbocycles. The molecule has 1 aromatic heterocycles. The normalized spacial score (nSPS) is 18.5. The van der Waals surface area contributed by atoms with Crippen LogP contribution in [0.15, 0.2) is 12.3 Å². The maximum Gasteiger partial charge on any atom is 0.256 e. The Labute approximate surface area is 117 Å². The van der Waals surface area contributed by atoms with Crippen LogP contribution in [0.1, 0.15) is 30.1 Å². The van der Waals surface area contributed by atoms with Gasteiger partial charge in [-0.25, -0.2) is 4.98 Å². The zero-order chi connectivity index (χ0) is 13.8. The average Bonchev–Trinajstić information content (AvgIpc) is 2.91. The van der Waals surface area contributed by atoms with E-state index in [9.17, 15) is 4.79 Å². The summed E-state index contributed by atoms with van der Waals surface area (Å²) in [6, 6.07) is 1.51. The van der Waals surface area contributed by atoms with Gasteiger partial charge in [0.2, 0.25) is 0 Å². The van der Waals surface area contributed by atoms with Crippen LogP contribution in [-0.4, -0.2) is 41.6 Å². The number of likely N-dealkylation sites (N-methyl/N-ethyl adjacent to an activating group) is 1. The number of rotatable bonds is 4. The van der Waals surface area contributed by atoms with E-state index in [1.165, 1.54) is 12.3 Å². The molecule has 1 fully saturated rings. The molecule has 1 aliphatic rings. The number of aromatic nitrogens is 1. The predicted molar refractivity (Wildman–Crippen MR) is 74.2 cm³/mol. The number of nitrogens with zero attached hydrogens (tertiary/aromatic N) is 2. The maximum atomic E-state index is 12.4. The molecule has 5 nitrogen and oxygen atoms in total. The van der Waals surface area contributed by atoms with E-state index in [1.54, 1.807) is 4.90 Å². The van der Waals surface area contributed by atoms with Gasteiger partial charge in [-0.05, 0) is 25.8 Å². The summed E-state index contributed by atoms with van der Waals surface area (Å²) in [5, 5.41) is 0.269. The number of carbonyl (C=O) groups excluding carboxylic acids is 1. The monoisotopic (exact) mass is 283 g/mol. The second kappa shape index (κ2) is 6.21. The highest BCUT2D eigenvalue weighted by molar-refractivity contribution is 6.29. The molecular formula is C13H18ClN3O2. The molecule has 104 valence electrons. The van der Waals surface area contributed by atoms with Crippen molar-refractivity contribution < 1.29 is 9.53 Å². The molecular weight excluding hydrogens is 266 g/mol. The van der Waals surface area contributed by atoms with Crippen molar-refractivity contribution in [1.82, 2.24) is 9.88 Å². The number of anilines is 1. The third kappa shape index (κ3) is 3.36. The minimum Gasteiger partial charge on any atom is -0.397 e. The van der Waals surface area contributed by atoms with E-state index in [0.717, 1.165) is 19.4 Å². The summed E-state index contributed by atoms with van der Waals surface area (Å²) in [7, 11) is 0. The van der Waals surface area contributed by atoms with Crippen LogP contribution in [0.2, 0.25) is 5.15 Å². The van der Waals surface area contributed by atoms with E-state index in [-0.39, 0.29) is 17.2 Å². The minimum atomic E-state index is -0.125. The van der Waals surface area contributed by atoms with Crippen molar-refractivity contribution in [3.63, 3.8) is 0 Å². The minimum absolute atomic E-state index is 0.125. The lowest BCUT2D eigenvalue weighted by molar-refractivity contribution is 0.0540. The van der Waals surface area contributed by atoms with Crippen molar-refractivity contribution in [3.8, 4) is 0 Å².